The Hall–Kier alpha value is -3.42. The van der Waals surface area contributed by atoms with Crippen LogP contribution in [0.15, 0.2) is 0 Å². The van der Waals surface area contributed by atoms with Gasteiger partial charge in [-0.2, -0.15) is 0 Å². The molecule has 48 heavy (non-hydrogen) atoms. The normalized spacial score (nSPS) is 27.7. The van der Waals surface area contributed by atoms with E-state index in [-0.39, 0.29) is 12.5 Å². The van der Waals surface area contributed by atoms with Gasteiger partial charge in [-0.25, -0.2) is 4.79 Å². The molecule has 0 aliphatic carbocycles. The summed E-state index contributed by atoms with van der Waals surface area (Å²) in [4.78, 5) is 80.3. The molecule has 3 heterocycles. The molecule has 14 nitrogen and oxygen atoms in total. The van der Waals surface area contributed by atoms with Crippen LogP contribution >= 0.6 is 0 Å². The van der Waals surface area contributed by atoms with Crippen LogP contribution in [0.1, 0.15) is 112 Å². The number of hydrogen-bond acceptors (Lipinski definition) is 10. The molecule has 3 fully saturated rings. The first-order valence-electron chi connectivity index (χ1n) is 17.3. The highest BCUT2D eigenvalue weighted by atomic mass is 16.6. The van der Waals surface area contributed by atoms with Gasteiger partial charge >= 0.3 is 18.0 Å². The molecule has 0 saturated carbocycles. The smallest absolute Gasteiger partial charge is 0.408 e. The van der Waals surface area contributed by atoms with Crippen molar-refractivity contribution < 1.29 is 47.7 Å². The molecule has 0 aromatic rings. The number of esters is 2. The van der Waals surface area contributed by atoms with Crippen molar-refractivity contribution in [2.45, 2.75) is 154 Å². The van der Waals surface area contributed by atoms with E-state index >= 15 is 0 Å². The summed E-state index contributed by atoms with van der Waals surface area (Å²) in [5.41, 5.74) is -1.30. The predicted molar refractivity (Wildman–Crippen MR) is 174 cm³/mol. The van der Waals surface area contributed by atoms with Crippen molar-refractivity contribution in [3.05, 3.63) is 0 Å². The SMILES string of the molecule is COC(=O)CNC(=O)C(OC(C)=O)[C@@H]1CCCCCCCCCC[C@H](NC(=O)OC(C)(C)C)C(=O)N2CC3OC(C)(C)C[C@@H]3[C@H]2C(=O)N1. The predicted octanol–water partition coefficient (Wildman–Crippen LogP) is 2.89. The molecular formula is C34H56N4O10. The summed E-state index contributed by atoms with van der Waals surface area (Å²) >= 11 is 0. The van der Waals surface area contributed by atoms with Crippen LogP contribution in [0.3, 0.4) is 0 Å². The average Bonchev–Trinajstić information content (AvgIpc) is 3.47. The maximum Gasteiger partial charge on any atom is 0.408 e. The first-order chi connectivity index (χ1) is 22.5. The van der Waals surface area contributed by atoms with Crippen LogP contribution in [-0.2, 0) is 42.9 Å². The highest BCUT2D eigenvalue weighted by molar-refractivity contribution is 5.93. The van der Waals surface area contributed by atoms with Crippen molar-refractivity contribution in [2.24, 2.45) is 5.92 Å². The van der Waals surface area contributed by atoms with E-state index in [0.29, 0.717) is 32.1 Å². The Balaban J connectivity index is 1.98. The molecule has 3 aliphatic heterocycles. The zero-order chi connectivity index (χ0) is 35.6. The van der Waals surface area contributed by atoms with Crippen LogP contribution in [0.25, 0.3) is 0 Å². The lowest BCUT2D eigenvalue weighted by Crippen LogP contribution is -2.59. The number of nitrogens with one attached hydrogen (secondary N) is 3. The number of hydrogen-bond donors (Lipinski definition) is 3. The summed E-state index contributed by atoms with van der Waals surface area (Å²) < 4.78 is 21.8. The first-order valence-corrected chi connectivity index (χ1v) is 17.3. The molecule has 2 unspecified atom stereocenters. The summed E-state index contributed by atoms with van der Waals surface area (Å²) in [6.07, 6.45) is 5.63. The molecule has 3 saturated heterocycles. The Labute approximate surface area is 284 Å². The molecule has 6 atom stereocenters. The van der Waals surface area contributed by atoms with Crippen molar-refractivity contribution in [1.29, 1.82) is 0 Å². The molecule has 0 aromatic heterocycles. The number of nitrogens with zero attached hydrogens (tertiary/aromatic N) is 1. The number of amides is 4. The second-order valence-electron chi connectivity index (χ2n) is 14.8. The van der Waals surface area contributed by atoms with Crippen molar-refractivity contribution in [3.63, 3.8) is 0 Å². The van der Waals surface area contributed by atoms with E-state index in [4.69, 9.17) is 14.2 Å². The monoisotopic (exact) mass is 680 g/mol. The number of carbonyl (C=O) groups excluding carboxylic acids is 6. The Morgan fingerprint density at radius 2 is 1.60 bits per heavy atom. The van der Waals surface area contributed by atoms with Gasteiger partial charge < -0.3 is 39.8 Å². The van der Waals surface area contributed by atoms with Gasteiger partial charge in [-0.3, -0.25) is 24.0 Å². The third kappa shape index (κ3) is 11.6. The van der Waals surface area contributed by atoms with Crippen molar-refractivity contribution in [3.8, 4) is 0 Å². The number of ether oxygens (including phenoxy) is 4. The molecule has 3 rings (SSSR count). The number of carbonyl (C=O) groups is 6. The van der Waals surface area contributed by atoms with Gasteiger partial charge in [-0.1, -0.05) is 51.4 Å². The van der Waals surface area contributed by atoms with Crippen LogP contribution < -0.4 is 16.0 Å². The second kappa shape index (κ2) is 17.3. The molecule has 14 heteroatoms. The van der Waals surface area contributed by atoms with Gasteiger partial charge in [0.2, 0.25) is 11.8 Å². The van der Waals surface area contributed by atoms with Gasteiger partial charge in [0.1, 0.15) is 24.2 Å². The molecule has 3 N–H and O–H groups in total. The molecular weight excluding hydrogens is 624 g/mol. The van der Waals surface area contributed by atoms with E-state index in [2.05, 4.69) is 20.7 Å². The maximum absolute atomic E-state index is 14.4. The lowest BCUT2D eigenvalue weighted by atomic mass is 9.89. The zero-order valence-corrected chi connectivity index (χ0v) is 29.7. The van der Waals surface area contributed by atoms with Gasteiger partial charge in [0, 0.05) is 19.4 Å². The highest BCUT2D eigenvalue weighted by Gasteiger charge is 2.56. The van der Waals surface area contributed by atoms with E-state index in [0.717, 1.165) is 38.5 Å². The van der Waals surface area contributed by atoms with Gasteiger partial charge in [0.05, 0.1) is 24.9 Å². The first kappa shape index (κ1) is 39.0. The number of alkyl carbamates (subject to hydrolysis) is 1. The quantitative estimate of drug-likeness (QED) is 0.279. The summed E-state index contributed by atoms with van der Waals surface area (Å²) in [6, 6.07) is -2.84. The fraction of sp³-hybridized carbons (Fsp3) is 0.824. The Morgan fingerprint density at radius 1 is 1.00 bits per heavy atom. The maximum atomic E-state index is 14.4. The molecule has 272 valence electrons. The third-order valence-corrected chi connectivity index (χ3v) is 8.97. The van der Waals surface area contributed by atoms with Gasteiger partial charge in [0.15, 0.2) is 6.10 Å². The van der Waals surface area contributed by atoms with Crippen molar-refractivity contribution in [2.75, 3.05) is 20.2 Å². The summed E-state index contributed by atoms with van der Waals surface area (Å²) in [5, 5.41) is 8.17. The van der Waals surface area contributed by atoms with Crippen molar-refractivity contribution in [1.82, 2.24) is 20.9 Å². The highest BCUT2D eigenvalue weighted by Crippen LogP contribution is 2.43. The van der Waals surface area contributed by atoms with Crippen LogP contribution in [-0.4, -0.2) is 102 Å². The van der Waals surface area contributed by atoms with Crippen molar-refractivity contribution >= 4 is 35.8 Å². The lowest BCUT2D eigenvalue weighted by Gasteiger charge is -2.34. The number of rotatable bonds is 6. The van der Waals surface area contributed by atoms with Gasteiger partial charge in [-0.05, 0) is 53.9 Å². The average molecular weight is 681 g/mol. The van der Waals surface area contributed by atoms with Crippen LogP contribution in [0.4, 0.5) is 4.79 Å². The van der Waals surface area contributed by atoms with E-state index in [1.807, 2.05) is 13.8 Å². The molecule has 0 aromatic carbocycles. The number of fused-ring (bicyclic) bond motifs is 3. The zero-order valence-electron chi connectivity index (χ0n) is 29.7. The summed E-state index contributed by atoms with van der Waals surface area (Å²) in [7, 11) is 1.19. The third-order valence-electron chi connectivity index (χ3n) is 8.97. The topological polar surface area (TPSA) is 179 Å². The summed E-state index contributed by atoms with van der Waals surface area (Å²) in [5.74, 6) is -3.45. The molecule has 3 aliphatic rings. The van der Waals surface area contributed by atoms with Gasteiger partial charge in [0.25, 0.3) is 5.91 Å². The molecule has 4 amide bonds. The minimum absolute atomic E-state index is 0.148. The summed E-state index contributed by atoms with van der Waals surface area (Å²) in [6.45, 7) is 9.97. The number of methoxy groups -OCH3 is 1. The Kier molecular flexibility index (Phi) is 14.1. The van der Waals surface area contributed by atoms with Gasteiger partial charge in [-0.15, -0.1) is 0 Å². The lowest BCUT2D eigenvalue weighted by molar-refractivity contribution is -0.157. The van der Waals surface area contributed by atoms with E-state index in [1.54, 1.807) is 20.8 Å². The molecule has 0 radical (unpaired) electrons. The molecule has 0 bridgehead atoms. The fourth-order valence-corrected chi connectivity index (χ4v) is 6.91. The van der Waals surface area contributed by atoms with Crippen LogP contribution in [0.2, 0.25) is 0 Å². The van der Waals surface area contributed by atoms with Crippen LogP contribution in [0.5, 0.6) is 0 Å². The van der Waals surface area contributed by atoms with E-state index in [1.165, 1.54) is 18.9 Å². The standard InChI is InChI=1S/C34H56N4O10/c1-21(39)46-28(30(42)35-19-26(40)45-7)23-16-14-12-10-8-9-11-13-15-17-24(37-32(44)48-33(2,3)4)31(43)38-20-25-22(18-34(5,6)47-25)27(38)29(41)36-23/h22-25,27-28H,8-20H2,1-7H3,(H,35,42)(H,36,41)(H,37,44)/t22-,23-,24-,25?,27-,28?/m0/s1. The molecule has 0 spiro atoms. The van der Waals surface area contributed by atoms with Crippen LogP contribution in [0, 0.1) is 5.92 Å². The Morgan fingerprint density at radius 3 is 2.19 bits per heavy atom. The fourth-order valence-electron chi connectivity index (χ4n) is 6.91. The minimum atomic E-state index is -1.43. The largest absolute Gasteiger partial charge is 0.468 e. The van der Waals surface area contributed by atoms with E-state index in [9.17, 15) is 28.8 Å². The Bertz CT molecular complexity index is 1170. The van der Waals surface area contributed by atoms with E-state index < -0.39 is 83.8 Å². The second-order valence-corrected chi connectivity index (χ2v) is 14.8. The minimum Gasteiger partial charge on any atom is -0.468 e.